The SMILES string of the molecule is COCCCOc1ccc(Oc2ccc(C3C(O)CNCC3OCc3ccc4c(c3)N(CCCOC)CCO4)cc2)cc1. The molecule has 2 aliphatic rings. The van der Waals surface area contributed by atoms with E-state index in [2.05, 4.69) is 22.3 Å². The minimum Gasteiger partial charge on any atom is -0.494 e. The van der Waals surface area contributed by atoms with Crippen molar-refractivity contribution in [3.05, 3.63) is 77.9 Å². The Morgan fingerprint density at radius 2 is 1.58 bits per heavy atom. The molecule has 232 valence electrons. The van der Waals surface area contributed by atoms with Gasteiger partial charge >= 0.3 is 0 Å². The van der Waals surface area contributed by atoms with Crippen molar-refractivity contribution in [1.29, 1.82) is 0 Å². The average Bonchev–Trinajstić information content (AvgIpc) is 3.04. The minimum absolute atomic E-state index is 0.156. The Bertz CT molecular complexity index is 1250. The van der Waals surface area contributed by atoms with Gasteiger partial charge in [-0.3, -0.25) is 0 Å². The topological polar surface area (TPSA) is 90.9 Å². The van der Waals surface area contributed by atoms with Gasteiger partial charge in [-0.15, -0.1) is 0 Å². The van der Waals surface area contributed by atoms with Crippen molar-refractivity contribution in [1.82, 2.24) is 5.32 Å². The maximum absolute atomic E-state index is 11.0. The van der Waals surface area contributed by atoms with Crippen molar-refractivity contribution >= 4 is 5.69 Å². The van der Waals surface area contributed by atoms with Crippen LogP contribution in [0.3, 0.4) is 0 Å². The molecule has 1 saturated heterocycles. The van der Waals surface area contributed by atoms with E-state index in [1.165, 1.54) is 0 Å². The number of nitrogens with zero attached hydrogens (tertiary/aromatic N) is 1. The monoisotopic (exact) mass is 592 g/mol. The summed E-state index contributed by atoms with van der Waals surface area (Å²) in [4.78, 5) is 2.35. The zero-order valence-corrected chi connectivity index (χ0v) is 25.2. The predicted molar refractivity (Wildman–Crippen MR) is 166 cm³/mol. The van der Waals surface area contributed by atoms with E-state index in [0.29, 0.717) is 39.5 Å². The Balaban J connectivity index is 1.19. The summed E-state index contributed by atoms with van der Waals surface area (Å²) < 4.78 is 34.4. The Hall–Kier alpha value is -3.34. The second-order valence-electron chi connectivity index (χ2n) is 10.9. The molecule has 0 radical (unpaired) electrons. The largest absolute Gasteiger partial charge is 0.494 e. The molecule has 2 aliphatic heterocycles. The summed E-state index contributed by atoms with van der Waals surface area (Å²) in [5.41, 5.74) is 3.20. The van der Waals surface area contributed by atoms with Crippen LogP contribution in [0, 0.1) is 0 Å². The molecule has 43 heavy (non-hydrogen) atoms. The number of ether oxygens (including phenoxy) is 6. The molecule has 9 nitrogen and oxygen atoms in total. The maximum Gasteiger partial charge on any atom is 0.142 e. The van der Waals surface area contributed by atoms with E-state index in [9.17, 15) is 5.11 Å². The van der Waals surface area contributed by atoms with Crippen molar-refractivity contribution in [2.24, 2.45) is 0 Å². The zero-order chi connectivity index (χ0) is 29.9. The average molecular weight is 593 g/mol. The molecule has 1 fully saturated rings. The van der Waals surface area contributed by atoms with E-state index in [1.807, 2.05) is 54.6 Å². The number of β-amino-alcohol motifs (C(OH)–C–C–N with tert-alkyl or cyclic N) is 1. The molecule has 3 aromatic carbocycles. The van der Waals surface area contributed by atoms with Gasteiger partial charge in [0.25, 0.3) is 0 Å². The lowest BCUT2D eigenvalue weighted by Gasteiger charge is -2.36. The molecular formula is C34H44N2O7. The Morgan fingerprint density at radius 3 is 2.35 bits per heavy atom. The summed E-state index contributed by atoms with van der Waals surface area (Å²) in [6.07, 6.45) is 1.06. The van der Waals surface area contributed by atoms with Gasteiger partial charge in [-0.25, -0.2) is 0 Å². The second-order valence-corrected chi connectivity index (χ2v) is 10.9. The third kappa shape index (κ3) is 8.61. The standard InChI is InChI=1S/C34H44N2O7/c1-38-17-3-15-36-16-20-41-32-14-5-25(21-30(32)36)24-42-33-23-35-22-31(37)34(33)26-6-8-28(9-7-26)43-29-12-10-27(11-13-29)40-19-4-18-39-2/h5-14,21,31,33-35,37H,3-4,15-20,22-24H2,1-2H3. The molecule has 2 N–H and O–H groups in total. The molecule has 5 rings (SSSR count). The second kappa shape index (κ2) is 15.9. The number of hydrogen-bond donors (Lipinski definition) is 2. The van der Waals surface area contributed by atoms with E-state index in [-0.39, 0.29) is 12.0 Å². The number of aliphatic hydroxyl groups excluding tert-OH is 1. The number of benzene rings is 3. The van der Waals surface area contributed by atoms with Crippen LogP contribution in [-0.4, -0.2) is 84.1 Å². The van der Waals surface area contributed by atoms with Gasteiger partial charge in [-0.05, 0) is 66.1 Å². The number of fused-ring (bicyclic) bond motifs is 1. The van der Waals surface area contributed by atoms with Crippen molar-refractivity contribution in [3.8, 4) is 23.0 Å². The molecule has 3 aromatic rings. The van der Waals surface area contributed by atoms with Crippen LogP contribution in [0.4, 0.5) is 5.69 Å². The normalized spacial score (nSPS) is 19.9. The van der Waals surface area contributed by atoms with E-state index >= 15 is 0 Å². The maximum atomic E-state index is 11.0. The number of aliphatic hydroxyl groups is 1. The highest BCUT2D eigenvalue weighted by Crippen LogP contribution is 2.35. The predicted octanol–water partition coefficient (Wildman–Crippen LogP) is 4.76. The van der Waals surface area contributed by atoms with Crippen molar-refractivity contribution in [2.45, 2.75) is 37.6 Å². The Labute approximate surface area is 254 Å². The van der Waals surface area contributed by atoms with E-state index in [0.717, 1.165) is 72.4 Å². The van der Waals surface area contributed by atoms with Crippen molar-refractivity contribution in [3.63, 3.8) is 0 Å². The molecule has 0 spiro atoms. The molecule has 3 atom stereocenters. The third-order valence-electron chi connectivity index (χ3n) is 7.82. The molecule has 0 bridgehead atoms. The smallest absolute Gasteiger partial charge is 0.142 e. The lowest BCUT2D eigenvalue weighted by Crippen LogP contribution is -2.49. The number of rotatable bonds is 15. The zero-order valence-electron chi connectivity index (χ0n) is 25.2. The van der Waals surface area contributed by atoms with Crippen molar-refractivity contribution < 1.29 is 33.5 Å². The van der Waals surface area contributed by atoms with Crippen LogP contribution in [0.15, 0.2) is 66.7 Å². The van der Waals surface area contributed by atoms with Crippen LogP contribution in [0.5, 0.6) is 23.0 Å². The fourth-order valence-corrected chi connectivity index (χ4v) is 5.61. The Morgan fingerprint density at radius 1 is 0.860 bits per heavy atom. The molecule has 0 aliphatic carbocycles. The highest BCUT2D eigenvalue weighted by Gasteiger charge is 2.34. The van der Waals surface area contributed by atoms with Crippen LogP contribution < -0.4 is 24.4 Å². The number of methoxy groups -OCH3 is 2. The first-order chi connectivity index (χ1) is 21.1. The summed E-state index contributed by atoms with van der Waals surface area (Å²) >= 11 is 0. The van der Waals surface area contributed by atoms with Crippen LogP contribution >= 0.6 is 0 Å². The summed E-state index contributed by atoms with van der Waals surface area (Å²) in [6, 6.07) is 21.8. The number of hydrogen-bond acceptors (Lipinski definition) is 9. The molecule has 9 heteroatoms. The molecule has 2 heterocycles. The minimum atomic E-state index is -0.560. The quantitative estimate of drug-likeness (QED) is 0.242. The molecular weight excluding hydrogens is 548 g/mol. The van der Waals surface area contributed by atoms with Gasteiger partial charge in [-0.1, -0.05) is 18.2 Å². The molecule has 0 aromatic heterocycles. The van der Waals surface area contributed by atoms with Gasteiger partial charge in [0.15, 0.2) is 0 Å². The van der Waals surface area contributed by atoms with Gasteiger partial charge in [0, 0.05) is 59.4 Å². The first kappa shape index (κ1) is 31.1. The van der Waals surface area contributed by atoms with Gasteiger partial charge < -0.3 is 43.7 Å². The highest BCUT2D eigenvalue weighted by atomic mass is 16.5. The number of piperidine rings is 1. The number of nitrogens with one attached hydrogen (secondary N) is 1. The molecule has 3 unspecified atom stereocenters. The first-order valence-electron chi connectivity index (χ1n) is 15.1. The highest BCUT2D eigenvalue weighted by molar-refractivity contribution is 5.61. The van der Waals surface area contributed by atoms with Gasteiger partial charge in [0.05, 0.1) is 37.7 Å². The van der Waals surface area contributed by atoms with Gasteiger partial charge in [0.2, 0.25) is 0 Å². The van der Waals surface area contributed by atoms with E-state index in [1.54, 1.807) is 14.2 Å². The van der Waals surface area contributed by atoms with Crippen LogP contribution in [0.1, 0.15) is 29.9 Å². The van der Waals surface area contributed by atoms with E-state index in [4.69, 9.17) is 28.4 Å². The molecule has 0 saturated carbocycles. The van der Waals surface area contributed by atoms with Gasteiger partial charge in [0.1, 0.15) is 29.6 Å². The van der Waals surface area contributed by atoms with Crippen LogP contribution in [-0.2, 0) is 20.8 Å². The first-order valence-corrected chi connectivity index (χ1v) is 15.1. The fourth-order valence-electron chi connectivity index (χ4n) is 5.61. The lowest BCUT2D eigenvalue weighted by molar-refractivity contribution is -0.0328. The molecule has 0 amide bonds. The summed E-state index contributed by atoms with van der Waals surface area (Å²) in [5.74, 6) is 3.01. The van der Waals surface area contributed by atoms with Crippen LogP contribution in [0.25, 0.3) is 0 Å². The van der Waals surface area contributed by atoms with E-state index < -0.39 is 6.10 Å². The third-order valence-corrected chi connectivity index (χ3v) is 7.82. The fraction of sp³-hybridized carbons (Fsp3) is 0.471. The van der Waals surface area contributed by atoms with Crippen LogP contribution in [0.2, 0.25) is 0 Å². The van der Waals surface area contributed by atoms with Gasteiger partial charge in [-0.2, -0.15) is 0 Å². The van der Waals surface area contributed by atoms with Crippen molar-refractivity contribution in [2.75, 3.05) is 71.7 Å². The summed E-state index contributed by atoms with van der Waals surface area (Å²) in [5, 5.41) is 14.3. The summed E-state index contributed by atoms with van der Waals surface area (Å²) in [7, 11) is 3.42. The summed E-state index contributed by atoms with van der Waals surface area (Å²) in [6.45, 7) is 6.12. The lowest BCUT2D eigenvalue weighted by atomic mass is 9.85. The number of anilines is 1. The Kier molecular flexibility index (Phi) is 11.5.